The molecule has 0 radical (unpaired) electrons. The van der Waals surface area contributed by atoms with Crippen molar-refractivity contribution in [1.82, 2.24) is 4.31 Å². The van der Waals surface area contributed by atoms with Gasteiger partial charge >= 0.3 is 29.6 Å². The van der Waals surface area contributed by atoms with Crippen LogP contribution in [-0.4, -0.2) is 19.8 Å². The zero-order chi connectivity index (χ0) is 19.3. The molecule has 0 bridgehead atoms. The van der Waals surface area contributed by atoms with Crippen molar-refractivity contribution in [2.24, 2.45) is 0 Å². The van der Waals surface area contributed by atoms with Gasteiger partial charge in [-0.3, -0.25) is 0 Å². The number of halogens is 1. The molecule has 0 saturated heterocycles. The quantitative estimate of drug-likeness (QED) is 0.394. The van der Waals surface area contributed by atoms with E-state index in [0.29, 0.717) is 16.6 Å². The summed E-state index contributed by atoms with van der Waals surface area (Å²) in [6.45, 7) is 0. The van der Waals surface area contributed by atoms with Gasteiger partial charge in [-0.1, -0.05) is 88.7 Å². The average molecular weight is 468 g/mol. The van der Waals surface area contributed by atoms with E-state index in [9.17, 15) is 8.42 Å². The van der Waals surface area contributed by atoms with Crippen LogP contribution in [0.15, 0.2) is 89.8 Å². The Labute approximate surface area is 199 Å². The first-order valence-electron chi connectivity index (χ1n) is 8.74. The normalized spacial score (nSPS) is 12.4. The molecular weight excluding hydrogens is 445 g/mol. The van der Waals surface area contributed by atoms with E-state index in [2.05, 4.69) is 15.9 Å². The van der Waals surface area contributed by atoms with E-state index in [-0.39, 0.29) is 37.0 Å². The molecule has 0 N–H and O–H groups in total. The number of alkyl halides is 1. The van der Waals surface area contributed by atoms with Crippen molar-refractivity contribution < 1.29 is 39.4 Å². The van der Waals surface area contributed by atoms with Gasteiger partial charge in [-0.05, 0) is 35.2 Å². The second-order valence-electron chi connectivity index (χ2n) is 6.42. The van der Waals surface area contributed by atoms with E-state index >= 15 is 0 Å². The largest absolute Gasteiger partial charge is 1.00 e. The van der Waals surface area contributed by atoms with Crippen molar-refractivity contribution in [2.75, 3.05) is 7.05 Å². The molecule has 1 atom stereocenters. The third kappa shape index (κ3) is 5.56. The van der Waals surface area contributed by atoms with Crippen molar-refractivity contribution in [1.29, 1.82) is 0 Å². The smallest absolute Gasteiger partial charge is 1.00 e. The molecule has 3 rings (SSSR count). The van der Waals surface area contributed by atoms with Crippen LogP contribution >= 0.6 is 15.9 Å². The van der Waals surface area contributed by atoms with Crippen LogP contribution in [0.25, 0.3) is 0 Å². The van der Waals surface area contributed by atoms with Crippen molar-refractivity contribution in [2.45, 2.75) is 22.7 Å². The van der Waals surface area contributed by atoms with Gasteiger partial charge in [0.1, 0.15) is 0 Å². The Kier molecular flexibility index (Phi) is 8.93. The Hall–Kier alpha value is -0.950. The molecule has 3 nitrogen and oxygen atoms in total. The molecule has 0 aromatic heterocycles. The SMILES string of the molecule is CN(C(Cc1ccccc1)c1ccccc1)S(=O)(=O)c1ccc(CBr)cc1.[H-].[Na+]. The summed E-state index contributed by atoms with van der Waals surface area (Å²) in [5.41, 5.74) is 3.12. The summed E-state index contributed by atoms with van der Waals surface area (Å²) in [5, 5.41) is 0.698. The molecule has 0 saturated carbocycles. The predicted octanol–water partition coefficient (Wildman–Crippen LogP) is 2.30. The Morgan fingerprint density at radius 3 is 1.93 bits per heavy atom. The van der Waals surface area contributed by atoms with Gasteiger partial charge in [0.05, 0.1) is 10.9 Å². The average Bonchev–Trinajstić information content (AvgIpc) is 2.73. The Bertz CT molecular complexity index is 971. The van der Waals surface area contributed by atoms with Gasteiger partial charge in [-0.2, -0.15) is 4.31 Å². The Balaban J connectivity index is 0.00000210. The monoisotopic (exact) mass is 467 g/mol. The van der Waals surface area contributed by atoms with E-state index in [1.807, 2.05) is 72.8 Å². The second kappa shape index (κ2) is 10.7. The molecule has 0 fully saturated rings. The van der Waals surface area contributed by atoms with Gasteiger partial charge in [0.15, 0.2) is 0 Å². The summed E-state index contributed by atoms with van der Waals surface area (Å²) in [4.78, 5) is 0.309. The first kappa shape index (κ1) is 23.3. The van der Waals surface area contributed by atoms with Gasteiger partial charge in [-0.25, -0.2) is 8.42 Å². The predicted molar refractivity (Wildman–Crippen MR) is 114 cm³/mol. The maximum absolute atomic E-state index is 13.3. The van der Waals surface area contributed by atoms with Crippen LogP contribution in [0.5, 0.6) is 0 Å². The van der Waals surface area contributed by atoms with Crippen LogP contribution < -0.4 is 29.6 Å². The summed E-state index contributed by atoms with van der Waals surface area (Å²) in [7, 11) is -1.95. The van der Waals surface area contributed by atoms with Crippen molar-refractivity contribution in [3.8, 4) is 0 Å². The maximum Gasteiger partial charge on any atom is 1.00 e. The van der Waals surface area contributed by atoms with E-state index in [4.69, 9.17) is 0 Å². The molecule has 0 amide bonds. The van der Waals surface area contributed by atoms with Crippen molar-refractivity contribution in [3.63, 3.8) is 0 Å². The van der Waals surface area contributed by atoms with Gasteiger partial charge in [0.25, 0.3) is 0 Å². The van der Waals surface area contributed by atoms with Gasteiger partial charge in [-0.15, -0.1) is 0 Å². The third-order valence-electron chi connectivity index (χ3n) is 4.65. The number of likely N-dealkylation sites (N-methyl/N-ethyl adjacent to an activating group) is 1. The summed E-state index contributed by atoms with van der Waals surface area (Å²) in [6.07, 6.45) is 0.611. The minimum Gasteiger partial charge on any atom is -1.00 e. The maximum atomic E-state index is 13.3. The topological polar surface area (TPSA) is 37.4 Å². The first-order chi connectivity index (χ1) is 13.0. The van der Waals surface area contributed by atoms with Crippen LogP contribution in [0.1, 0.15) is 24.2 Å². The first-order valence-corrected chi connectivity index (χ1v) is 11.3. The van der Waals surface area contributed by atoms with Crippen molar-refractivity contribution in [3.05, 3.63) is 102 Å². The van der Waals surface area contributed by atoms with E-state index in [1.165, 1.54) is 4.31 Å². The van der Waals surface area contributed by atoms with E-state index in [0.717, 1.165) is 16.7 Å². The summed E-state index contributed by atoms with van der Waals surface area (Å²) < 4.78 is 28.0. The molecule has 0 heterocycles. The summed E-state index contributed by atoms with van der Waals surface area (Å²) in [6, 6.07) is 26.5. The molecule has 0 aliphatic heterocycles. The van der Waals surface area contributed by atoms with Crippen LogP contribution in [0.4, 0.5) is 0 Å². The van der Waals surface area contributed by atoms with Crippen LogP contribution in [0, 0.1) is 0 Å². The number of rotatable bonds is 7. The van der Waals surface area contributed by atoms with E-state index < -0.39 is 10.0 Å². The molecule has 142 valence electrons. The number of hydrogen-bond acceptors (Lipinski definition) is 2. The fraction of sp³-hybridized carbons (Fsp3) is 0.182. The number of sulfonamides is 1. The van der Waals surface area contributed by atoms with Crippen LogP contribution in [0.3, 0.4) is 0 Å². The molecule has 0 spiro atoms. The second-order valence-corrected chi connectivity index (χ2v) is 8.97. The van der Waals surface area contributed by atoms with Crippen LogP contribution in [0.2, 0.25) is 0 Å². The number of hydrogen-bond donors (Lipinski definition) is 0. The molecule has 6 heteroatoms. The molecule has 0 aliphatic rings. The Morgan fingerprint density at radius 2 is 1.39 bits per heavy atom. The molecule has 0 aliphatic carbocycles. The minimum atomic E-state index is -3.61. The zero-order valence-electron chi connectivity index (χ0n) is 17.1. The van der Waals surface area contributed by atoms with Gasteiger partial charge in [0.2, 0.25) is 10.0 Å². The standard InChI is InChI=1S/C22H22BrNO2S.Na.H/c1-24(27(25,26)21-14-12-19(17-23)13-15-21)22(20-10-6-3-7-11-20)16-18-8-4-2-5-9-18;;/h2-15,22H,16-17H2,1H3;;/q;+1;-1. The number of nitrogens with zero attached hydrogens (tertiary/aromatic N) is 1. The van der Waals surface area contributed by atoms with E-state index in [1.54, 1.807) is 19.2 Å². The van der Waals surface area contributed by atoms with Crippen molar-refractivity contribution >= 4 is 26.0 Å². The number of benzene rings is 3. The fourth-order valence-corrected chi connectivity index (χ4v) is 4.77. The zero-order valence-corrected chi connectivity index (χ0v) is 20.5. The molecule has 28 heavy (non-hydrogen) atoms. The molecular formula is C22H23BrNNaO2S. The minimum absolute atomic E-state index is 0. The van der Waals surface area contributed by atoms with Gasteiger partial charge < -0.3 is 1.43 Å². The van der Waals surface area contributed by atoms with Crippen LogP contribution in [-0.2, 0) is 21.8 Å². The molecule has 3 aromatic rings. The molecule has 1 unspecified atom stereocenters. The summed E-state index contributed by atoms with van der Waals surface area (Å²) in [5.74, 6) is 0. The Morgan fingerprint density at radius 1 is 0.857 bits per heavy atom. The molecule has 3 aromatic carbocycles. The third-order valence-corrected chi connectivity index (χ3v) is 7.18. The fourth-order valence-electron chi connectivity index (χ4n) is 3.05. The van der Waals surface area contributed by atoms with Gasteiger partial charge in [0, 0.05) is 12.4 Å². The summed E-state index contributed by atoms with van der Waals surface area (Å²) >= 11 is 3.39.